The molecule has 0 aromatic heterocycles. The molecule has 0 aromatic carbocycles. The second-order valence-electron chi connectivity index (χ2n) is 5.12. The van der Waals surface area contributed by atoms with Gasteiger partial charge in [0.2, 0.25) is 0 Å². The maximum Gasteiger partial charge on any atom is 0.170 e. The molecule has 0 aromatic rings. The van der Waals surface area contributed by atoms with Gasteiger partial charge in [0.05, 0.1) is 19.8 Å². The Bertz CT molecular complexity index is 266. The van der Waals surface area contributed by atoms with Gasteiger partial charge in [-0.25, -0.2) is 0 Å². The molecule has 2 rings (SSSR count). The molecule has 1 aliphatic heterocycles. The van der Waals surface area contributed by atoms with Crippen molar-refractivity contribution < 1.29 is 19.4 Å². The third-order valence-corrected chi connectivity index (χ3v) is 3.34. The van der Waals surface area contributed by atoms with Crippen LogP contribution in [0.3, 0.4) is 0 Å². The molecular weight excluding hydrogens is 196 g/mol. The predicted molar refractivity (Wildman–Crippen MR) is 53.2 cm³/mol. The predicted octanol–water partition coefficient (Wildman–Crippen LogP) is 0.727. The molecule has 0 radical (unpaired) electrons. The molecule has 1 heterocycles. The minimum atomic E-state index is -0.620. The summed E-state index contributed by atoms with van der Waals surface area (Å²) in [5.41, 5.74) is -0.462. The van der Waals surface area contributed by atoms with Crippen molar-refractivity contribution in [2.75, 3.05) is 19.8 Å². The van der Waals surface area contributed by atoms with Gasteiger partial charge in [0.15, 0.2) is 5.79 Å². The van der Waals surface area contributed by atoms with Crippen LogP contribution < -0.4 is 0 Å². The van der Waals surface area contributed by atoms with Gasteiger partial charge >= 0.3 is 0 Å². The molecule has 1 saturated heterocycles. The van der Waals surface area contributed by atoms with Gasteiger partial charge in [0.1, 0.15) is 5.78 Å². The second-order valence-corrected chi connectivity index (χ2v) is 5.12. The number of carbonyl (C=O) groups is 1. The van der Waals surface area contributed by atoms with Crippen molar-refractivity contribution in [2.45, 2.75) is 32.5 Å². The van der Waals surface area contributed by atoms with E-state index in [2.05, 4.69) is 0 Å². The van der Waals surface area contributed by atoms with Crippen molar-refractivity contribution in [1.82, 2.24) is 0 Å². The van der Waals surface area contributed by atoms with Gasteiger partial charge in [0.25, 0.3) is 0 Å². The number of aliphatic hydroxyl groups excluding tert-OH is 1. The van der Waals surface area contributed by atoms with E-state index in [0.29, 0.717) is 26.1 Å². The number of aliphatic hydroxyl groups is 1. The summed E-state index contributed by atoms with van der Waals surface area (Å²) >= 11 is 0. The van der Waals surface area contributed by atoms with Crippen LogP contribution in [0.15, 0.2) is 0 Å². The van der Waals surface area contributed by atoms with Crippen LogP contribution in [0.25, 0.3) is 0 Å². The minimum absolute atomic E-state index is 0.114. The lowest BCUT2D eigenvalue weighted by atomic mass is 9.68. The monoisotopic (exact) mass is 214 g/mol. The van der Waals surface area contributed by atoms with Crippen LogP contribution in [0.1, 0.15) is 26.7 Å². The largest absolute Gasteiger partial charge is 0.396 e. The number of rotatable bonds is 1. The maximum atomic E-state index is 11.9. The maximum absolute atomic E-state index is 11.9. The smallest absolute Gasteiger partial charge is 0.170 e. The number of hydrogen-bond acceptors (Lipinski definition) is 4. The Morgan fingerprint density at radius 1 is 1.40 bits per heavy atom. The van der Waals surface area contributed by atoms with Crippen LogP contribution in [-0.2, 0) is 14.3 Å². The molecule has 2 fully saturated rings. The highest BCUT2D eigenvalue weighted by Gasteiger charge is 2.52. The summed E-state index contributed by atoms with van der Waals surface area (Å²) in [5.74, 6) is -0.841. The molecular formula is C11H18O4. The SMILES string of the molecule is CC1(C)CC2(CC(CO)C1=O)OCCO2. The molecule has 1 N–H and O–H groups in total. The average Bonchev–Trinajstić information content (AvgIpc) is 2.59. The van der Waals surface area contributed by atoms with Gasteiger partial charge in [-0.2, -0.15) is 0 Å². The number of hydrogen-bond donors (Lipinski definition) is 1. The zero-order chi connectivity index (χ0) is 11.1. The molecule has 1 aliphatic carbocycles. The quantitative estimate of drug-likeness (QED) is 0.699. The summed E-state index contributed by atoms with van der Waals surface area (Å²) in [6, 6.07) is 0. The molecule has 0 amide bonds. The summed E-state index contributed by atoms with van der Waals surface area (Å²) in [5, 5.41) is 9.21. The zero-order valence-electron chi connectivity index (χ0n) is 9.28. The Morgan fingerprint density at radius 3 is 2.53 bits per heavy atom. The highest BCUT2D eigenvalue weighted by atomic mass is 16.7. The summed E-state index contributed by atoms with van der Waals surface area (Å²) in [7, 11) is 0. The van der Waals surface area contributed by atoms with E-state index in [1.54, 1.807) is 0 Å². The standard InChI is InChI=1S/C11H18O4/c1-10(2)7-11(14-3-4-15-11)5-8(6-12)9(10)13/h8,12H,3-7H2,1-2H3. The molecule has 4 nitrogen and oxygen atoms in total. The fourth-order valence-electron chi connectivity index (χ4n) is 2.72. The van der Waals surface area contributed by atoms with E-state index in [1.807, 2.05) is 13.8 Å². The number of ketones is 1. The fourth-order valence-corrected chi connectivity index (χ4v) is 2.72. The minimum Gasteiger partial charge on any atom is -0.396 e. The number of carbonyl (C=O) groups excluding carboxylic acids is 1. The lowest BCUT2D eigenvalue weighted by Crippen LogP contribution is -2.50. The Kier molecular flexibility index (Phi) is 2.61. The average molecular weight is 214 g/mol. The first-order chi connectivity index (χ1) is 6.99. The van der Waals surface area contributed by atoms with Crippen molar-refractivity contribution in [2.24, 2.45) is 11.3 Å². The summed E-state index contributed by atoms with van der Waals surface area (Å²) < 4.78 is 11.2. The molecule has 1 atom stereocenters. The van der Waals surface area contributed by atoms with E-state index in [-0.39, 0.29) is 18.3 Å². The van der Waals surface area contributed by atoms with Crippen LogP contribution >= 0.6 is 0 Å². The second kappa shape index (κ2) is 3.54. The summed E-state index contributed by atoms with van der Waals surface area (Å²) in [6.45, 7) is 4.84. The highest BCUT2D eigenvalue weighted by Crippen LogP contribution is 2.45. The summed E-state index contributed by atoms with van der Waals surface area (Å²) in [4.78, 5) is 11.9. The third kappa shape index (κ3) is 1.82. The van der Waals surface area contributed by atoms with E-state index in [0.717, 1.165) is 0 Å². The van der Waals surface area contributed by atoms with E-state index < -0.39 is 11.2 Å². The van der Waals surface area contributed by atoms with Crippen molar-refractivity contribution in [3.8, 4) is 0 Å². The number of Topliss-reactive ketones (excluding diaryl/α,β-unsaturated/α-hetero) is 1. The normalized spacial score (nSPS) is 33.5. The van der Waals surface area contributed by atoms with Gasteiger partial charge in [-0.05, 0) is 0 Å². The van der Waals surface area contributed by atoms with Crippen LogP contribution in [-0.4, -0.2) is 36.5 Å². The van der Waals surface area contributed by atoms with Crippen LogP contribution in [0.4, 0.5) is 0 Å². The zero-order valence-corrected chi connectivity index (χ0v) is 9.28. The molecule has 0 bridgehead atoms. The Morgan fingerprint density at radius 2 is 2.00 bits per heavy atom. The van der Waals surface area contributed by atoms with Crippen LogP contribution in [0.2, 0.25) is 0 Å². The Labute approximate surface area is 89.6 Å². The Hall–Kier alpha value is -0.450. The topological polar surface area (TPSA) is 55.8 Å². The number of ether oxygens (including phenoxy) is 2. The Balaban J connectivity index is 2.22. The van der Waals surface area contributed by atoms with E-state index in [1.165, 1.54) is 0 Å². The highest BCUT2D eigenvalue weighted by molar-refractivity contribution is 5.87. The molecule has 1 unspecified atom stereocenters. The van der Waals surface area contributed by atoms with Crippen molar-refractivity contribution in [3.05, 3.63) is 0 Å². The lowest BCUT2D eigenvalue weighted by molar-refractivity contribution is -0.210. The van der Waals surface area contributed by atoms with E-state index >= 15 is 0 Å². The molecule has 2 aliphatic rings. The van der Waals surface area contributed by atoms with Crippen molar-refractivity contribution in [1.29, 1.82) is 0 Å². The van der Waals surface area contributed by atoms with Gasteiger partial charge in [-0.1, -0.05) is 13.8 Å². The van der Waals surface area contributed by atoms with E-state index in [4.69, 9.17) is 9.47 Å². The van der Waals surface area contributed by atoms with Crippen molar-refractivity contribution >= 4 is 5.78 Å². The summed E-state index contributed by atoms with van der Waals surface area (Å²) in [6.07, 6.45) is 1.08. The molecule has 1 saturated carbocycles. The first-order valence-electron chi connectivity index (χ1n) is 5.42. The fraction of sp³-hybridized carbons (Fsp3) is 0.909. The first-order valence-corrected chi connectivity index (χ1v) is 5.42. The van der Waals surface area contributed by atoms with Crippen molar-refractivity contribution in [3.63, 3.8) is 0 Å². The van der Waals surface area contributed by atoms with Crippen LogP contribution in [0, 0.1) is 11.3 Å². The third-order valence-electron chi connectivity index (χ3n) is 3.34. The molecule has 15 heavy (non-hydrogen) atoms. The van der Waals surface area contributed by atoms with Gasteiger partial charge < -0.3 is 14.6 Å². The molecule has 4 heteroatoms. The first kappa shape index (κ1) is 11.0. The van der Waals surface area contributed by atoms with Gasteiger partial charge in [-0.15, -0.1) is 0 Å². The van der Waals surface area contributed by atoms with Gasteiger partial charge in [-0.3, -0.25) is 4.79 Å². The molecule has 86 valence electrons. The van der Waals surface area contributed by atoms with Gasteiger partial charge in [0, 0.05) is 24.2 Å². The molecule has 1 spiro atoms. The van der Waals surface area contributed by atoms with Crippen LogP contribution in [0.5, 0.6) is 0 Å². The lowest BCUT2D eigenvalue weighted by Gasteiger charge is -2.43. The van der Waals surface area contributed by atoms with E-state index in [9.17, 15) is 9.90 Å².